The second-order valence-electron chi connectivity index (χ2n) is 4.76. The van der Waals surface area contributed by atoms with Crippen molar-refractivity contribution in [2.45, 2.75) is 24.9 Å². The van der Waals surface area contributed by atoms with E-state index in [9.17, 15) is 14.7 Å². The molecular formula is C12H13N5O5. The number of fused-ring (bicyclic) bond motifs is 1. The molecule has 0 aliphatic carbocycles. The minimum absolute atomic E-state index is 0.0574. The van der Waals surface area contributed by atoms with Crippen molar-refractivity contribution in [2.75, 3.05) is 12.3 Å². The van der Waals surface area contributed by atoms with E-state index in [0.29, 0.717) is 11.2 Å². The largest absolute Gasteiger partial charge is 0.457 e. The number of carbonyl (C=O) groups is 2. The number of anilines is 1. The van der Waals surface area contributed by atoms with Crippen LogP contribution < -0.4 is 5.73 Å². The van der Waals surface area contributed by atoms with Crippen LogP contribution in [-0.4, -0.2) is 55.7 Å². The van der Waals surface area contributed by atoms with Crippen molar-refractivity contribution in [3.8, 4) is 0 Å². The molecule has 0 amide bonds. The van der Waals surface area contributed by atoms with Crippen molar-refractivity contribution in [1.29, 1.82) is 0 Å². The van der Waals surface area contributed by atoms with Crippen LogP contribution in [0.3, 0.4) is 0 Å². The third-order valence-corrected chi connectivity index (χ3v) is 3.39. The molecule has 3 atom stereocenters. The highest BCUT2D eigenvalue weighted by molar-refractivity contribution is 6.20. The van der Waals surface area contributed by atoms with Gasteiger partial charge in [0.2, 0.25) is 6.29 Å². The number of rotatable bonds is 4. The van der Waals surface area contributed by atoms with E-state index in [1.807, 2.05) is 0 Å². The lowest BCUT2D eigenvalue weighted by molar-refractivity contribution is -0.153. The standard InChI is InChI=1S/C12H13N5O5/c13-11-10-12(15-4-14-11)17(5-16-10)8-1-6(19)7(22-8)3-21-9(20)2-18/h2,4-8,19H,1,3H2,(H2,13,14,15)/t6-,7+,8+/m0/s1. The second-order valence-corrected chi connectivity index (χ2v) is 4.76. The number of hydrogen-bond acceptors (Lipinski definition) is 9. The molecule has 3 N–H and O–H groups in total. The van der Waals surface area contributed by atoms with Crippen molar-refractivity contribution >= 4 is 29.2 Å². The number of ether oxygens (including phenoxy) is 2. The van der Waals surface area contributed by atoms with Gasteiger partial charge in [-0.3, -0.25) is 9.36 Å². The fourth-order valence-corrected chi connectivity index (χ4v) is 2.31. The molecular weight excluding hydrogens is 294 g/mol. The fraction of sp³-hybridized carbons (Fsp3) is 0.417. The molecule has 1 aliphatic rings. The molecule has 0 radical (unpaired) electrons. The number of nitrogen functional groups attached to an aromatic ring is 1. The van der Waals surface area contributed by atoms with E-state index >= 15 is 0 Å². The Kier molecular flexibility index (Phi) is 3.69. The molecule has 0 aromatic carbocycles. The maximum Gasteiger partial charge on any atom is 0.371 e. The number of nitrogens with two attached hydrogens (primary N) is 1. The molecule has 10 heteroatoms. The highest BCUT2D eigenvalue weighted by Crippen LogP contribution is 2.31. The summed E-state index contributed by atoms with van der Waals surface area (Å²) in [4.78, 5) is 33.1. The Bertz CT molecular complexity index is 717. The molecule has 1 saturated heterocycles. The molecule has 116 valence electrons. The molecule has 2 aromatic rings. The number of aromatic nitrogens is 4. The first-order chi connectivity index (χ1) is 10.6. The van der Waals surface area contributed by atoms with E-state index in [2.05, 4.69) is 19.7 Å². The number of aliphatic hydroxyl groups is 1. The van der Waals surface area contributed by atoms with Gasteiger partial charge >= 0.3 is 5.97 Å². The summed E-state index contributed by atoms with van der Waals surface area (Å²) in [6, 6.07) is 0. The van der Waals surface area contributed by atoms with Gasteiger partial charge in [0.1, 0.15) is 30.8 Å². The van der Waals surface area contributed by atoms with Crippen LogP contribution in [0.1, 0.15) is 12.6 Å². The van der Waals surface area contributed by atoms with Crippen LogP contribution >= 0.6 is 0 Å². The van der Waals surface area contributed by atoms with Gasteiger partial charge in [-0.1, -0.05) is 0 Å². The number of nitrogens with zero attached hydrogens (tertiary/aromatic N) is 4. The van der Waals surface area contributed by atoms with Crippen molar-refractivity contribution in [3.05, 3.63) is 12.7 Å². The lowest BCUT2D eigenvalue weighted by Crippen LogP contribution is -2.28. The number of aliphatic hydroxyl groups excluding tert-OH is 1. The molecule has 0 unspecified atom stereocenters. The Morgan fingerprint density at radius 2 is 2.36 bits per heavy atom. The Morgan fingerprint density at radius 1 is 1.55 bits per heavy atom. The number of esters is 1. The third-order valence-electron chi connectivity index (χ3n) is 3.39. The van der Waals surface area contributed by atoms with Crippen LogP contribution in [0.25, 0.3) is 11.2 Å². The Balaban J connectivity index is 1.77. The molecule has 0 spiro atoms. The summed E-state index contributed by atoms with van der Waals surface area (Å²) < 4.78 is 11.9. The van der Waals surface area contributed by atoms with Gasteiger partial charge in [-0.25, -0.2) is 19.7 Å². The molecule has 10 nitrogen and oxygen atoms in total. The van der Waals surface area contributed by atoms with Crippen LogP contribution in [0.5, 0.6) is 0 Å². The Morgan fingerprint density at radius 3 is 3.14 bits per heavy atom. The summed E-state index contributed by atoms with van der Waals surface area (Å²) in [6.07, 6.45) is 1.01. The molecule has 3 heterocycles. The number of carbonyl (C=O) groups excluding carboxylic acids is 2. The van der Waals surface area contributed by atoms with Gasteiger partial charge in [0.15, 0.2) is 11.5 Å². The van der Waals surface area contributed by atoms with E-state index in [1.54, 1.807) is 4.57 Å². The van der Waals surface area contributed by atoms with Crippen molar-refractivity contribution in [3.63, 3.8) is 0 Å². The maximum atomic E-state index is 10.8. The van der Waals surface area contributed by atoms with E-state index < -0.39 is 24.4 Å². The highest BCUT2D eigenvalue weighted by atomic mass is 16.6. The first-order valence-electron chi connectivity index (χ1n) is 6.48. The third kappa shape index (κ3) is 2.49. The maximum absolute atomic E-state index is 10.8. The molecule has 1 aliphatic heterocycles. The zero-order valence-electron chi connectivity index (χ0n) is 11.3. The van der Waals surface area contributed by atoms with E-state index in [4.69, 9.17) is 10.5 Å². The Hall–Kier alpha value is -2.59. The molecule has 0 saturated carbocycles. The van der Waals surface area contributed by atoms with Crippen LogP contribution in [0.4, 0.5) is 5.82 Å². The summed E-state index contributed by atoms with van der Waals surface area (Å²) in [6.45, 7) is -0.209. The lowest BCUT2D eigenvalue weighted by Gasteiger charge is -2.15. The number of aldehydes is 1. The average molecular weight is 307 g/mol. The minimum atomic E-state index is -1.01. The summed E-state index contributed by atoms with van der Waals surface area (Å²) >= 11 is 0. The molecule has 3 rings (SSSR count). The first-order valence-corrected chi connectivity index (χ1v) is 6.48. The predicted molar refractivity (Wildman–Crippen MR) is 71.3 cm³/mol. The molecule has 0 bridgehead atoms. The van der Waals surface area contributed by atoms with Crippen LogP contribution in [0, 0.1) is 0 Å². The van der Waals surface area contributed by atoms with E-state index in [1.165, 1.54) is 12.7 Å². The van der Waals surface area contributed by atoms with Gasteiger partial charge in [-0.05, 0) is 0 Å². The van der Waals surface area contributed by atoms with E-state index in [0.717, 1.165) is 0 Å². The van der Waals surface area contributed by atoms with Crippen molar-refractivity contribution < 1.29 is 24.2 Å². The topological polar surface area (TPSA) is 142 Å². The zero-order chi connectivity index (χ0) is 15.7. The van der Waals surface area contributed by atoms with Gasteiger partial charge < -0.3 is 20.3 Å². The molecule has 1 fully saturated rings. The van der Waals surface area contributed by atoms with Crippen molar-refractivity contribution in [1.82, 2.24) is 19.5 Å². The summed E-state index contributed by atoms with van der Waals surface area (Å²) in [5.41, 5.74) is 6.63. The van der Waals surface area contributed by atoms with Crippen LogP contribution in [-0.2, 0) is 19.1 Å². The SMILES string of the molecule is Nc1ncnc2c1ncn2[C@H]1C[C@H](O)[C@@H](COC(=O)C=O)O1. The van der Waals surface area contributed by atoms with Crippen molar-refractivity contribution in [2.24, 2.45) is 0 Å². The minimum Gasteiger partial charge on any atom is -0.457 e. The van der Waals surface area contributed by atoms with E-state index in [-0.39, 0.29) is 25.1 Å². The summed E-state index contributed by atoms with van der Waals surface area (Å²) in [7, 11) is 0. The molecule has 22 heavy (non-hydrogen) atoms. The quantitative estimate of drug-likeness (QED) is 0.404. The number of imidazole rings is 1. The normalized spacial score (nSPS) is 24.5. The summed E-state index contributed by atoms with van der Waals surface area (Å²) in [5, 5.41) is 9.97. The van der Waals surface area contributed by atoms with Gasteiger partial charge in [-0.2, -0.15) is 0 Å². The van der Waals surface area contributed by atoms with Crippen LogP contribution in [0.15, 0.2) is 12.7 Å². The lowest BCUT2D eigenvalue weighted by atomic mass is 10.2. The van der Waals surface area contributed by atoms with Gasteiger partial charge in [0, 0.05) is 6.42 Å². The van der Waals surface area contributed by atoms with Gasteiger partial charge in [0.25, 0.3) is 0 Å². The fourth-order valence-electron chi connectivity index (χ4n) is 2.31. The zero-order valence-corrected chi connectivity index (χ0v) is 11.3. The summed E-state index contributed by atoms with van der Waals surface area (Å²) in [5.74, 6) is -0.758. The average Bonchev–Trinajstić information content (AvgIpc) is 3.09. The molecule has 2 aromatic heterocycles. The van der Waals surface area contributed by atoms with Crippen LogP contribution in [0.2, 0.25) is 0 Å². The second kappa shape index (κ2) is 5.66. The van der Waals surface area contributed by atoms with Gasteiger partial charge in [-0.15, -0.1) is 0 Å². The monoisotopic (exact) mass is 307 g/mol. The highest BCUT2D eigenvalue weighted by Gasteiger charge is 2.36. The van der Waals surface area contributed by atoms with Gasteiger partial charge in [0.05, 0.1) is 12.4 Å². The first kappa shape index (κ1) is 14.4. The Labute approximate surface area is 123 Å². The predicted octanol–water partition coefficient (Wildman–Crippen LogP) is -1.20. The number of hydrogen-bond donors (Lipinski definition) is 2. The smallest absolute Gasteiger partial charge is 0.371 e.